The molecule has 2 aromatic carbocycles. The Labute approximate surface area is 197 Å². The van der Waals surface area contributed by atoms with Gasteiger partial charge in [0, 0.05) is 17.8 Å². The molecule has 0 aliphatic heterocycles. The molecule has 0 spiro atoms. The monoisotopic (exact) mass is 458 g/mol. The Bertz CT molecular complexity index is 1370. The van der Waals surface area contributed by atoms with Gasteiger partial charge in [-0.15, -0.1) is 0 Å². The first-order valence-corrected chi connectivity index (χ1v) is 10.9. The summed E-state index contributed by atoms with van der Waals surface area (Å²) in [6.07, 6.45) is 0. The summed E-state index contributed by atoms with van der Waals surface area (Å²) < 4.78 is 12.0. The van der Waals surface area contributed by atoms with Gasteiger partial charge in [0.2, 0.25) is 11.7 Å². The van der Waals surface area contributed by atoms with Gasteiger partial charge in [-0.1, -0.05) is 47.1 Å². The normalized spacial score (nSPS) is 10.8. The van der Waals surface area contributed by atoms with Gasteiger partial charge in [-0.2, -0.15) is 4.98 Å². The molecular weight excluding hydrogens is 432 g/mol. The number of pyridine rings is 1. The van der Waals surface area contributed by atoms with E-state index in [1.54, 1.807) is 14.0 Å². The average molecular weight is 459 g/mol. The predicted molar refractivity (Wildman–Crippen MR) is 128 cm³/mol. The van der Waals surface area contributed by atoms with Crippen molar-refractivity contribution in [3.8, 4) is 28.6 Å². The average Bonchev–Trinajstić information content (AvgIpc) is 3.30. The van der Waals surface area contributed by atoms with Crippen LogP contribution in [0.3, 0.4) is 0 Å². The van der Waals surface area contributed by atoms with E-state index in [4.69, 9.17) is 9.26 Å². The Morgan fingerprint density at radius 1 is 1.06 bits per heavy atom. The first-order valence-electron chi connectivity index (χ1n) is 10.9. The molecule has 174 valence electrons. The second-order valence-electron chi connectivity index (χ2n) is 8.15. The van der Waals surface area contributed by atoms with Crippen LogP contribution in [0.15, 0.2) is 63.9 Å². The molecule has 34 heavy (non-hydrogen) atoms. The van der Waals surface area contributed by atoms with E-state index in [1.807, 2.05) is 68.4 Å². The van der Waals surface area contributed by atoms with E-state index < -0.39 is 0 Å². The molecule has 1 amide bonds. The lowest BCUT2D eigenvalue weighted by molar-refractivity contribution is -0.121. The lowest BCUT2D eigenvalue weighted by atomic mass is 10.1. The third kappa shape index (κ3) is 4.91. The van der Waals surface area contributed by atoms with Gasteiger partial charge in [0.05, 0.1) is 7.11 Å². The van der Waals surface area contributed by atoms with Crippen LogP contribution in [-0.2, 0) is 17.9 Å². The number of nitrogens with one attached hydrogen (secondary N) is 1. The van der Waals surface area contributed by atoms with Crippen molar-refractivity contribution in [2.45, 2.75) is 33.9 Å². The minimum Gasteiger partial charge on any atom is -0.497 e. The molecule has 0 bridgehead atoms. The highest BCUT2D eigenvalue weighted by Gasteiger charge is 2.20. The predicted octanol–water partition coefficient (Wildman–Crippen LogP) is 3.82. The number of hydrogen-bond acceptors (Lipinski definition) is 6. The van der Waals surface area contributed by atoms with Gasteiger partial charge in [0.1, 0.15) is 17.9 Å². The van der Waals surface area contributed by atoms with E-state index in [9.17, 15) is 9.59 Å². The number of nitrogens with zero attached hydrogens (tertiary/aromatic N) is 3. The molecule has 1 N–H and O–H groups in total. The Morgan fingerprint density at radius 3 is 2.44 bits per heavy atom. The van der Waals surface area contributed by atoms with Gasteiger partial charge in [-0.3, -0.25) is 9.59 Å². The highest BCUT2D eigenvalue weighted by molar-refractivity contribution is 5.76. The summed E-state index contributed by atoms with van der Waals surface area (Å²) in [5, 5.41) is 6.89. The summed E-state index contributed by atoms with van der Waals surface area (Å²) in [7, 11) is 1.60. The van der Waals surface area contributed by atoms with E-state index in [1.165, 1.54) is 4.57 Å². The zero-order valence-electron chi connectivity index (χ0n) is 19.6. The number of ether oxygens (including phenoxy) is 1. The Balaban J connectivity index is 1.55. The lowest BCUT2D eigenvalue weighted by Gasteiger charge is -2.13. The number of amides is 1. The van der Waals surface area contributed by atoms with Crippen molar-refractivity contribution in [1.82, 2.24) is 20.0 Å². The Morgan fingerprint density at radius 2 is 1.76 bits per heavy atom. The number of aromatic nitrogens is 3. The van der Waals surface area contributed by atoms with Gasteiger partial charge < -0.3 is 19.1 Å². The fraction of sp³-hybridized carbons (Fsp3) is 0.231. The molecule has 4 aromatic rings. The van der Waals surface area contributed by atoms with E-state index in [0.717, 1.165) is 22.4 Å². The van der Waals surface area contributed by atoms with E-state index >= 15 is 0 Å². The second kappa shape index (κ2) is 9.74. The third-order valence-electron chi connectivity index (χ3n) is 5.60. The van der Waals surface area contributed by atoms with Crippen molar-refractivity contribution in [1.29, 1.82) is 0 Å². The summed E-state index contributed by atoms with van der Waals surface area (Å²) in [4.78, 5) is 30.4. The van der Waals surface area contributed by atoms with Crippen molar-refractivity contribution in [2.75, 3.05) is 7.11 Å². The van der Waals surface area contributed by atoms with Crippen LogP contribution in [-0.4, -0.2) is 27.7 Å². The number of benzene rings is 2. The molecule has 4 rings (SSSR count). The van der Waals surface area contributed by atoms with E-state index in [2.05, 4.69) is 15.5 Å². The second-order valence-corrected chi connectivity index (χ2v) is 8.15. The number of aryl methyl sites for hydroxylation is 3. The molecule has 2 heterocycles. The van der Waals surface area contributed by atoms with Crippen LogP contribution in [0.2, 0.25) is 0 Å². The van der Waals surface area contributed by atoms with Crippen LogP contribution < -0.4 is 15.6 Å². The number of hydrogen-bond donors (Lipinski definition) is 1. The van der Waals surface area contributed by atoms with Gasteiger partial charge >= 0.3 is 0 Å². The molecule has 0 unspecified atom stereocenters. The van der Waals surface area contributed by atoms with Gasteiger partial charge in [0.25, 0.3) is 11.4 Å². The summed E-state index contributed by atoms with van der Waals surface area (Å²) in [6.45, 7) is 5.83. The maximum absolute atomic E-state index is 13.3. The number of carbonyl (C=O) groups is 1. The molecular formula is C26H26N4O4. The van der Waals surface area contributed by atoms with Crippen LogP contribution in [0.5, 0.6) is 5.75 Å². The molecule has 0 radical (unpaired) electrons. The van der Waals surface area contributed by atoms with E-state index in [-0.39, 0.29) is 23.9 Å². The van der Waals surface area contributed by atoms with Crippen molar-refractivity contribution in [3.63, 3.8) is 0 Å². The largest absolute Gasteiger partial charge is 0.497 e. The van der Waals surface area contributed by atoms with Gasteiger partial charge in [-0.05, 0) is 50.1 Å². The SMILES string of the molecule is COc1ccc(CNC(=O)Cn2c(C)cc(C)c(-c3nc(-c4ccc(C)cc4)no3)c2=O)cc1. The quantitative estimate of drug-likeness (QED) is 0.452. The standard InChI is InChI=1S/C26H26N4O4/c1-16-5-9-20(10-6-16)24-28-25(34-29-24)23-17(2)13-18(3)30(26(23)32)15-22(31)27-14-19-7-11-21(33-4)12-8-19/h5-13H,14-15H2,1-4H3,(H,27,31). The Hall–Kier alpha value is -4.20. The number of methoxy groups -OCH3 is 1. The molecule has 2 aromatic heterocycles. The van der Waals surface area contributed by atoms with Crippen molar-refractivity contribution in [3.05, 3.63) is 87.3 Å². The van der Waals surface area contributed by atoms with Crippen LogP contribution >= 0.6 is 0 Å². The van der Waals surface area contributed by atoms with Crippen LogP contribution in [0, 0.1) is 20.8 Å². The minimum atomic E-state index is -0.351. The first-order chi connectivity index (χ1) is 16.4. The van der Waals surface area contributed by atoms with Crippen LogP contribution in [0.4, 0.5) is 0 Å². The molecule has 0 saturated heterocycles. The topological polar surface area (TPSA) is 99.2 Å². The van der Waals surface area contributed by atoms with Crippen molar-refractivity contribution in [2.24, 2.45) is 0 Å². The first kappa shape index (κ1) is 23.0. The highest BCUT2D eigenvalue weighted by atomic mass is 16.5. The summed E-state index contributed by atoms with van der Waals surface area (Å²) >= 11 is 0. The fourth-order valence-electron chi connectivity index (χ4n) is 3.67. The number of rotatable bonds is 7. The molecule has 0 aliphatic rings. The molecule has 0 saturated carbocycles. The van der Waals surface area contributed by atoms with Crippen molar-refractivity contribution >= 4 is 5.91 Å². The maximum atomic E-state index is 13.3. The molecule has 0 aliphatic carbocycles. The third-order valence-corrected chi connectivity index (χ3v) is 5.60. The van der Waals surface area contributed by atoms with Gasteiger partial charge in [-0.25, -0.2) is 0 Å². The van der Waals surface area contributed by atoms with Crippen LogP contribution in [0.25, 0.3) is 22.8 Å². The molecule has 0 atom stereocenters. The van der Waals surface area contributed by atoms with Crippen LogP contribution in [0.1, 0.15) is 22.4 Å². The minimum absolute atomic E-state index is 0.118. The Kier molecular flexibility index (Phi) is 6.58. The smallest absolute Gasteiger partial charge is 0.264 e. The molecule has 8 heteroatoms. The zero-order valence-corrected chi connectivity index (χ0v) is 19.6. The summed E-state index contributed by atoms with van der Waals surface area (Å²) in [5.41, 5.74) is 4.16. The molecule has 0 fully saturated rings. The zero-order chi connectivity index (χ0) is 24.2. The summed E-state index contributed by atoms with van der Waals surface area (Å²) in [5.74, 6) is 1.00. The number of carbonyl (C=O) groups excluding carboxylic acids is 1. The maximum Gasteiger partial charge on any atom is 0.264 e. The van der Waals surface area contributed by atoms with Gasteiger partial charge in [0.15, 0.2) is 0 Å². The summed E-state index contributed by atoms with van der Waals surface area (Å²) in [6, 6.07) is 17.0. The highest BCUT2D eigenvalue weighted by Crippen LogP contribution is 2.23. The van der Waals surface area contributed by atoms with Crippen molar-refractivity contribution < 1.29 is 14.1 Å². The lowest BCUT2D eigenvalue weighted by Crippen LogP contribution is -2.34. The molecule has 8 nitrogen and oxygen atoms in total. The van der Waals surface area contributed by atoms with E-state index in [0.29, 0.717) is 29.2 Å². The fourth-order valence-corrected chi connectivity index (χ4v) is 3.67.